The second-order valence-corrected chi connectivity index (χ2v) is 4.59. The highest BCUT2D eigenvalue weighted by molar-refractivity contribution is 5.96. The maximum atomic E-state index is 11.7. The minimum Gasteiger partial charge on any atom is -0.326 e. The molecule has 2 N–H and O–H groups in total. The third-order valence-corrected chi connectivity index (χ3v) is 3.16. The third-order valence-electron chi connectivity index (χ3n) is 3.16. The molecule has 3 rings (SSSR count). The third kappa shape index (κ3) is 2.40. The highest BCUT2D eigenvalue weighted by atomic mass is 16.1. The molecule has 0 aliphatic heterocycles. The van der Waals surface area contributed by atoms with Crippen molar-refractivity contribution in [3.8, 4) is 0 Å². The zero-order valence-corrected chi connectivity index (χ0v) is 11.2. The number of aromatic nitrogens is 2. The molecule has 2 aromatic carbocycles. The van der Waals surface area contributed by atoms with E-state index >= 15 is 0 Å². The number of para-hydroxylation sites is 2. The van der Waals surface area contributed by atoms with Gasteiger partial charge in [-0.1, -0.05) is 31.2 Å². The van der Waals surface area contributed by atoms with Gasteiger partial charge in [0.05, 0.1) is 11.0 Å². The number of anilines is 2. The summed E-state index contributed by atoms with van der Waals surface area (Å²) in [6, 6.07) is 15.3. The number of nitrogens with zero attached hydrogens (tertiary/aromatic N) is 1. The van der Waals surface area contributed by atoms with Gasteiger partial charge in [-0.3, -0.25) is 4.79 Å². The van der Waals surface area contributed by atoms with Crippen LogP contribution in [-0.4, -0.2) is 15.8 Å². The molecule has 4 nitrogen and oxygen atoms in total. The van der Waals surface area contributed by atoms with Crippen LogP contribution in [0.5, 0.6) is 0 Å². The molecule has 0 saturated heterocycles. The molecule has 4 heteroatoms. The Morgan fingerprint density at radius 3 is 2.85 bits per heavy atom. The van der Waals surface area contributed by atoms with Crippen LogP contribution < -0.4 is 5.32 Å². The van der Waals surface area contributed by atoms with Gasteiger partial charge >= 0.3 is 0 Å². The maximum absolute atomic E-state index is 11.7. The van der Waals surface area contributed by atoms with Crippen LogP contribution in [0, 0.1) is 0 Å². The number of nitrogens with one attached hydrogen (secondary N) is 2. The lowest BCUT2D eigenvalue weighted by molar-refractivity contribution is 0.0988. The molecule has 100 valence electrons. The molecule has 0 amide bonds. The van der Waals surface area contributed by atoms with Crippen LogP contribution >= 0.6 is 0 Å². The van der Waals surface area contributed by atoms with E-state index in [4.69, 9.17) is 0 Å². The fourth-order valence-corrected chi connectivity index (χ4v) is 2.12. The largest absolute Gasteiger partial charge is 0.326 e. The smallest absolute Gasteiger partial charge is 0.205 e. The van der Waals surface area contributed by atoms with Crippen LogP contribution in [0.1, 0.15) is 23.7 Å². The first-order valence-corrected chi connectivity index (χ1v) is 6.61. The summed E-state index contributed by atoms with van der Waals surface area (Å²) < 4.78 is 0. The Balaban J connectivity index is 1.88. The summed E-state index contributed by atoms with van der Waals surface area (Å²) in [7, 11) is 0. The maximum Gasteiger partial charge on any atom is 0.205 e. The minimum absolute atomic E-state index is 0.137. The Hall–Kier alpha value is -2.62. The number of aromatic amines is 1. The van der Waals surface area contributed by atoms with E-state index in [2.05, 4.69) is 15.3 Å². The standard InChI is InChI=1S/C16H15N3O/c1-2-15(20)11-6-5-7-12(10-11)17-16-18-13-8-3-4-9-14(13)19-16/h3-10H,2H2,1H3,(H2,17,18,19). The van der Waals surface area contributed by atoms with Crippen molar-refractivity contribution < 1.29 is 4.79 Å². The van der Waals surface area contributed by atoms with E-state index in [0.717, 1.165) is 16.7 Å². The first kappa shape index (κ1) is 12.4. The summed E-state index contributed by atoms with van der Waals surface area (Å²) >= 11 is 0. The Kier molecular flexibility index (Phi) is 3.21. The van der Waals surface area contributed by atoms with Crippen molar-refractivity contribution in [2.24, 2.45) is 0 Å². The summed E-state index contributed by atoms with van der Waals surface area (Å²) in [6.45, 7) is 1.86. The van der Waals surface area contributed by atoms with E-state index in [1.54, 1.807) is 0 Å². The van der Waals surface area contributed by atoms with Gasteiger partial charge in [0, 0.05) is 17.7 Å². The predicted octanol–water partition coefficient (Wildman–Crippen LogP) is 3.90. The van der Waals surface area contributed by atoms with Crippen molar-refractivity contribution in [3.63, 3.8) is 0 Å². The highest BCUT2D eigenvalue weighted by Crippen LogP contribution is 2.19. The second kappa shape index (κ2) is 5.17. The first-order chi connectivity index (χ1) is 9.76. The van der Waals surface area contributed by atoms with Gasteiger partial charge in [-0.05, 0) is 24.3 Å². The SMILES string of the molecule is CCC(=O)c1cccc(Nc2nc3ccccc3[nH]2)c1. The van der Waals surface area contributed by atoms with Crippen molar-refractivity contribution in [2.75, 3.05) is 5.32 Å². The van der Waals surface area contributed by atoms with Gasteiger partial charge in [-0.25, -0.2) is 4.98 Å². The lowest BCUT2D eigenvalue weighted by Gasteiger charge is -2.04. The Bertz CT molecular complexity index is 728. The Morgan fingerprint density at radius 1 is 1.20 bits per heavy atom. The molecule has 0 aliphatic rings. The van der Waals surface area contributed by atoms with Crippen molar-refractivity contribution in [1.82, 2.24) is 9.97 Å². The molecule has 1 heterocycles. The van der Waals surface area contributed by atoms with Crippen LogP contribution in [0.15, 0.2) is 48.5 Å². The van der Waals surface area contributed by atoms with Crippen LogP contribution in [0.2, 0.25) is 0 Å². The summed E-state index contributed by atoms with van der Waals surface area (Å²) in [5.74, 6) is 0.811. The number of carbonyl (C=O) groups is 1. The minimum atomic E-state index is 0.137. The quantitative estimate of drug-likeness (QED) is 0.703. The summed E-state index contributed by atoms with van der Waals surface area (Å²) in [6.07, 6.45) is 0.508. The van der Waals surface area contributed by atoms with Gasteiger partial charge in [-0.15, -0.1) is 0 Å². The predicted molar refractivity (Wildman–Crippen MR) is 80.4 cm³/mol. The molecule has 0 fully saturated rings. The molecule has 0 bridgehead atoms. The fourth-order valence-electron chi connectivity index (χ4n) is 2.12. The van der Waals surface area contributed by atoms with Gasteiger partial charge in [0.15, 0.2) is 5.78 Å². The molecule has 3 aromatic rings. The number of carbonyl (C=O) groups excluding carboxylic acids is 1. The second-order valence-electron chi connectivity index (χ2n) is 4.59. The first-order valence-electron chi connectivity index (χ1n) is 6.61. The highest BCUT2D eigenvalue weighted by Gasteiger charge is 2.05. The molecule has 0 atom stereocenters. The van der Waals surface area contributed by atoms with E-state index in [-0.39, 0.29) is 5.78 Å². The average Bonchev–Trinajstić information content (AvgIpc) is 2.88. The topological polar surface area (TPSA) is 57.8 Å². The van der Waals surface area contributed by atoms with E-state index in [1.165, 1.54) is 0 Å². The summed E-state index contributed by atoms with van der Waals surface area (Å²) in [4.78, 5) is 19.4. The van der Waals surface area contributed by atoms with Gasteiger partial charge < -0.3 is 10.3 Å². The molecular weight excluding hydrogens is 250 g/mol. The lowest BCUT2D eigenvalue weighted by Crippen LogP contribution is -1.98. The van der Waals surface area contributed by atoms with Crippen LogP contribution in [0.4, 0.5) is 11.6 Å². The molecule has 0 aliphatic carbocycles. The van der Waals surface area contributed by atoms with Gasteiger partial charge in [0.1, 0.15) is 0 Å². The van der Waals surface area contributed by atoms with Crippen molar-refractivity contribution in [3.05, 3.63) is 54.1 Å². The van der Waals surface area contributed by atoms with Crippen molar-refractivity contribution in [1.29, 1.82) is 0 Å². The number of rotatable bonds is 4. The summed E-state index contributed by atoms with van der Waals surface area (Å²) in [5.41, 5.74) is 3.46. The van der Waals surface area contributed by atoms with Gasteiger partial charge in [0.25, 0.3) is 0 Å². The Morgan fingerprint density at radius 2 is 2.05 bits per heavy atom. The van der Waals surface area contributed by atoms with E-state index in [1.807, 2.05) is 55.5 Å². The van der Waals surface area contributed by atoms with E-state index < -0.39 is 0 Å². The van der Waals surface area contributed by atoms with Crippen LogP contribution in [-0.2, 0) is 0 Å². The number of hydrogen-bond donors (Lipinski definition) is 2. The monoisotopic (exact) mass is 265 g/mol. The van der Waals surface area contributed by atoms with Gasteiger partial charge in [0.2, 0.25) is 5.95 Å². The van der Waals surface area contributed by atoms with E-state index in [9.17, 15) is 4.79 Å². The molecule has 0 spiro atoms. The van der Waals surface area contributed by atoms with Crippen LogP contribution in [0.3, 0.4) is 0 Å². The average molecular weight is 265 g/mol. The number of ketones is 1. The van der Waals surface area contributed by atoms with Crippen molar-refractivity contribution in [2.45, 2.75) is 13.3 Å². The normalized spacial score (nSPS) is 10.7. The van der Waals surface area contributed by atoms with Crippen molar-refractivity contribution >= 4 is 28.5 Å². The fraction of sp³-hybridized carbons (Fsp3) is 0.125. The number of imidazole rings is 1. The molecular formula is C16H15N3O. The number of Topliss-reactive ketones (excluding diaryl/α,β-unsaturated/α-hetero) is 1. The summed E-state index contributed by atoms with van der Waals surface area (Å²) in [5, 5.41) is 3.19. The van der Waals surface area contributed by atoms with Gasteiger partial charge in [-0.2, -0.15) is 0 Å². The number of H-pyrrole nitrogens is 1. The molecule has 0 saturated carbocycles. The number of fused-ring (bicyclic) bond motifs is 1. The lowest BCUT2D eigenvalue weighted by atomic mass is 10.1. The molecule has 0 unspecified atom stereocenters. The van der Waals surface area contributed by atoms with E-state index in [0.29, 0.717) is 17.9 Å². The number of benzene rings is 2. The molecule has 20 heavy (non-hydrogen) atoms. The molecule has 0 radical (unpaired) electrons. The zero-order chi connectivity index (χ0) is 13.9. The number of hydrogen-bond acceptors (Lipinski definition) is 3. The molecule has 1 aromatic heterocycles. The van der Waals surface area contributed by atoms with Crippen LogP contribution in [0.25, 0.3) is 11.0 Å². The zero-order valence-electron chi connectivity index (χ0n) is 11.2. The Labute approximate surface area is 116 Å².